The van der Waals surface area contributed by atoms with E-state index in [0.717, 1.165) is 37.0 Å². The zero-order valence-corrected chi connectivity index (χ0v) is 17.8. The zero-order chi connectivity index (χ0) is 21.9. The Morgan fingerprint density at radius 2 is 1.81 bits per heavy atom. The molecular formula is C27H24N2O3. The number of nitrogens with one attached hydrogen (secondary N) is 1. The predicted molar refractivity (Wildman–Crippen MR) is 121 cm³/mol. The normalized spacial score (nSPS) is 14.6. The number of amides is 1. The molecule has 3 aromatic rings. The lowest BCUT2D eigenvalue weighted by molar-refractivity contribution is 0.0947. The van der Waals surface area contributed by atoms with Crippen LogP contribution in [-0.2, 0) is 19.3 Å². The Kier molecular flexibility index (Phi) is 5.51. The van der Waals surface area contributed by atoms with Gasteiger partial charge in [-0.2, -0.15) is 5.26 Å². The van der Waals surface area contributed by atoms with Crippen molar-refractivity contribution in [3.63, 3.8) is 0 Å². The van der Waals surface area contributed by atoms with Gasteiger partial charge in [-0.15, -0.1) is 0 Å². The van der Waals surface area contributed by atoms with Crippen LogP contribution in [0.5, 0.6) is 17.2 Å². The molecule has 5 rings (SSSR count). The lowest BCUT2D eigenvalue weighted by atomic mass is 10.0. The van der Waals surface area contributed by atoms with Crippen LogP contribution in [0.15, 0.2) is 60.7 Å². The van der Waals surface area contributed by atoms with E-state index in [1.54, 1.807) is 30.3 Å². The van der Waals surface area contributed by atoms with E-state index in [4.69, 9.17) is 9.47 Å². The summed E-state index contributed by atoms with van der Waals surface area (Å²) in [6, 6.07) is 21.3. The Morgan fingerprint density at radius 1 is 1.06 bits per heavy atom. The predicted octanol–water partition coefficient (Wildman–Crippen LogP) is 4.82. The van der Waals surface area contributed by atoms with E-state index in [2.05, 4.69) is 35.7 Å². The standard InChI is InChI=1S/C27H24N2O3/c28-16-23-14-22-6-3-11-31-25(22)15-26(23)32-24-9-7-19(8-10-24)27(30)29-17-18-12-20-4-1-2-5-21(20)13-18/h1-2,4-5,7-10,14-15,18H,3,6,11-13,17H2,(H,29,30). The Labute approximate surface area is 187 Å². The first-order valence-electron chi connectivity index (χ1n) is 11.0. The van der Waals surface area contributed by atoms with Gasteiger partial charge in [0.05, 0.1) is 12.2 Å². The number of carbonyl (C=O) groups excluding carboxylic acids is 1. The molecule has 0 spiro atoms. The number of aryl methyl sites for hydroxylation is 1. The maximum absolute atomic E-state index is 12.6. The average Bonchev–Trinajstić information content (AvgIpc) is 3.25. The average molecular weight is 425 g/mol. The summed E-state index contributed by atoms with van der Waals surface area (Å²) in [6.07, 6.45) is 3.88. The summed E-state index contributed by atoms with van der Waals surface area (Å²) >= 11 is 0. The highest BCUT2D eigenvalue weighted by Crippen LogP contribution is 2.34. The third-order valence-corrected chi connectivity index (χ3v) is 6.16. The molecule has 0 saturated heterocycles. The Morgan fingerprint density at radius 3 is 2.53 bits per heavy atom. The second-order valence-corrected chi connectivity index (χ2v) is 8.40. The summed E-state index contributed by atoms with van der Waals surface area (Å²) in [4.78, 5) is 12.6. The van der Waals surface area contributed by atoms with Gasteiger partial charge in [0.2, 0.25) is 0 Å². The van der Waals surface area contributed by atoms with Gasteiger partial charge < -0.3 is 14.8 Å². The molecule has 1 amide bonds. The third-order valence-electron chi connectivity index (χ3n) is 6.16. The Bertz CT molecular complexity index is 1170. The number of ether oxygens (including phenoxy) is 2. The second-order valence-electron chi connectivity index (χ2n) is 8.40. The first-order chi connectivity index (χ1) is 15.7. The first-order valence-corrected chi connectivity index (χ1v) is 11.0. The SMILES string of the molecule is N#Cc1cc2c(cc1Oc1ccc(C(=O)NCC3Cc4ccccc4C3)cc1)OCCC2. The zero-order valence-electron chi connectivity index (χ0n) is 17.8. The molecule has 5 nitrogen and oxygen atoms in total. The highest BCUT2D eigenvalue weighted by atomic mass is 16.5. The smallest absolute Gasteiger partial charge is 0.251 e. The number of carbonyl (C=O) groups is 1. The number of benzene rings is 3. The Balaban J connectivity index is 1.21. The molecule has 0 saturated carbocycles. The monoisotopic (exact) mass is 424 g/mol. The maximum Gasteiger partial charge on any atom is 0.251 e. The lowest BCUT2D eigenvalue weighted by Crippen LogP contribution is -2.29. The molecule has 1 heterocycles. The van der Waals surface area contributed by atoms with Crippen LogP contribution in [-0.4, -0.2) is 19.1 Å². The molecule has 0 aromatic heterocycles. The largest absolute Gasteiger partial charge is 0.493 e. The fourth-order valence-corrected chi connectivity index (χ4v) is 4.49. The van der Waals surface area contributed by atoms with Gasteiger partial charge in [-0.05, 0) is 78.6 Å². The van der Waals surface area contributed by atoms with Crippen LogP contribution in [0.25, 0.3) is 0 Å². The molecule has 0 bridgehead atoms. The molecule has 1 aliphatic heterocycles. The van der Waals surface area contributed by atoms with Crippen LogP contribution in [0.3, 0.4) is 0 Å². The number of nitriles is 1. The van der Waals surface area contributed by atoms with Gasteiger partial charge in [-0.1, -0.05) is 24.3 Å². The van der Waals surface area contributed by atoms with Crippen molar-refractivity contribution in [2.24, 2.45) is 5.92 Å². The van der Waals surface area contributed by atoms with Gasteiger partial charge in [0.1, 0.15) is 23.3 Å². The highest BCUT2D eigenvalue weighted by Gasteiger charge is 2.21. The quantitative estimate of drug-likeness (QED) is 0.637. The molecule has 0 fully saturated rings. The minimum atomic E-state index is -0.0904. The van der Waals surface area contributed by atoms with Crippen molar-refractivity contribution in [1.29, 1.82) is 5.26 Å². The van der Waals surface area contributed by atoms with Crippen molar-refractivity contribution in [2.45, 2.75) is 25.7 Å². The summed E-state index contributed by atoms with van der Waals surface area (Å²) in [7, 11) is 0. The number of rotatable bonds is 5. The lowest BCUT2D eigenvalue weighted by Gasteiger charge is -2.19. The van der Waals surface area contributed by atoms with Crippen molar-refractivity contribution >= 4 is 5.91 Å². The molecular weight excluding hydrogens is 400 g/mol. The van der Waals surface area contributed by atoms with Crippen molar-refractivity contribution < 1.29 is 14.3 Å². The minimum Gasteiger partial charge on any atom is -0.493 e. The van der Waals surface area contributed by atoms with Crippen LogP contribution < -0.4 is 14.8 Å². The van der Waals surface area contributed by atoms with Gasteiger partial charge in [0.25, 0.3) is 5.91 Å². The first kappa shape index (κ1) is 20.1. The molecule has 1 N–H and O–H groups in total. The second kappa shape index (κ2) is 8.76. The van der Waals surface area contributed by atoms with E-state index in [1.165, 1.54) is 11.1 Å². The minimum absolute atomic E-state index is 0.0904. The molecule has 1 aliphatic carbocycles. The van der Waals surface area contributed by atoms with Crippen LogP contribution in [0, 0.1) is 17.2 Å². The van der Waals surface area contributed by atoms with Crippen LogP contribution in [0.4, 0.5) is 0 Å². The fourth-order valence-electron chi connectivity index (χ4n) is 4.49. The molecule has 5 heteroatoms. The van der Waals surface area contributed by atoms with Gasteiger partial charge in [-0.3, -0.25) is 4.79 Å². The number of fused-ring (bicyclic) bond motifs is 2. The summed E-state index contributed by atoms with van der Waals surface area (Å²) in [6.45, 7) is 1.33. The summed E-state index contributed by atoms with van der Waals surface area (Å²) in [5, 5.41) is 12.6. The van der Waals surface area contributed by atoms with E-state index >= 15 is 0 Å². The number of hydrogen-bond acceptors (Lipinski definition) is 4. The number of hydrogen-bond donors (Lipinski definition) is 1. The molecule has 2 aliphatic rings. The van der Waals surface area contributed by atoms with E-state index in [9.17, 15) is 10.1 Å². The summed E-state index contributed by atoms with van der Waals surface area (Å²) < 4.78 is 11.6. The van der Waals surface area contributed by atoms with E-state index in [-0.39, 0.29) is 5.91 Å². The molecule has 0 radical (unpaired) electrons. The highest BCUT2D eigenvalue weighted by molar-refractivity contribution is 5.94. The van der Waals surface area contributed by atoms with Crippen LogP contribution >= 0.6 is 0 Å². The van der Waals surface area contributed by atoms with E-state index in [1.807, 2.05) is 6.07 Å². The molecule has 160 valence electrons. The van der Waals surface area contributed by atoms with E-state index in [0.29, 0.717) is 41.7 Å². The topological polar surface area (TPSA) is 71.3 Å². The van der Waals surface area contributed by atoms with Crippen molar-refractivity contribution in [3.8, 4) is 23.3 Å². The van der Waals surface area contributed by atoms with Gasteiger partial charge in [-0.25, -0.2) is 0 Å². The van der Waals surface area contributed by atoms with E-state index < -0.39 is 0 Å². The van der Waals surface area contributed by atoms with Crippen molar-refractivity contribution in [2.75, 3.05) is 13.2 Å². The fraction of sp³-hybridized carbons (Fsp3) is 0.259. The maximum atomic E-state index is 12.6. The third kappa shape index (κ3) is 4.17. The molecule has 3 aromatic carbocycles. The molecule has 0 atom stereocenters. The van der Waals surface area contributed by atoms with Gasteiger partial charge in [0.15, 0.2) is 0 Å². The summed E-state index contributed by atoms with van der Waals surface area (Å²) in [5.41, 5.74) is 4.88. The summed E-state index contributed by atoms with van der Waals surface area (Å²) in [5.74, 6) is 2.16. The number of nitrogens with zero attached hydrogens (tertiary/aromatic N) is 1. The molecule has 0 unspecified atom stereocenters. The van der Waals surface area contributed by atoms with Crippen molar-refractivity contribution in [3.05, 3.63) is 88.5 Å². The van der Waals surface area contributed by atoms with Crippen LogP contribution in [0.2, 0.25) is 0 Å². The van der Waals surface area contributed by atoms with Crippen LogP contribution in [0.1, 0.15) is 39.0 Å². The van der Waals surface area contributed by atoms with Gasteiger partial charge >= 0.3 is 0 Å². The molecule has 32 heavy (non-hydrogen) atoms. The Hall–Kier alpha value is -3.78. The van der Waals surface area contributed by atoms with Gasteiger partial charge in [0, 0.05) is 18.2 Å². The van der Waals surface area contributed by atoms with Crippen molar-refractivity contribution in [1.82, 2.24) is 5.32 Å².